The van der Waals surface area contributed by atoms with Gasteiger partial charge < -0.3 is 0 Å². The number of nitrogens with zero attached hydrogens (tertiary/aromatic N) is 1. The van der Waals surface area contributed by atoms with Crippen molar-refractivity contribution in [1.29, 1.82) is 0 Å². The third kappa shape index (κ3) is 3.82. The predicted molar refractivity (Wildman–Crippen MR) is 87.7 cm³/mol. The van der Waals surface area contributed by atoms with Gasteiger partial charge in [-0.05, 0) is 30.5 Å². The number of carbonyl (C=O) groups excluding carboxylic acids is 1. The van der Waals surface area contributed by atoms with Crippen LogP contribution in [0.25, 0.3) is 0 Å². The highest BCUT2D eigenvalue weighted by Gasteiger charge is 2.43. The summed E-state index contributed by atoms with van der Waals surface area (Å²) < 4.78 is 94.6. The van der Waals surface area contributed by atoms with Gasteiger partial charge in [-0.2, -0.15) is 4.31 Å². The van der Waals surface area contributed by atoms with Crippen molar-refractivity contribution < 1.29 is 40.4 Å². The van der Waals surface area contributed by atoms with Gasteiger partial charge in [0.05, 0.1) is 0 Å². The van der Waals surface area contributed by atoms with E-state index in [1.54, 1.807) is 0 Å². The number of rotatable bonds is 6. The average Bonchev–Trinajstić information content (AvgIpc) is 3.53. The highest BCUT2D eigenvalue weighted by molar-refractivity contribution is 7.89. The zero-order valence-corrected chi connectivity index (χ0v) is 15.2. The SMILES string of the molecule is O=C(NO)c1ccc(CN(C2CC2)S(=O)(=O)c2c(F)c(F)c(F)c(F)c2F)cc1. The fourth-order valence-corrected chi connectivity index (χ4v) is 4.50. The van der Waals surface area contributed by atoms with Crippen molar-refractivity contribution >= 4 is 15.9 Å². The van der Waals surface area contributed by atoms with E-state index in [1.807, 2.05) is 0 Å². The number of amides is 1. The van der Waals surface area contributed by atoms with Crippen LogP contribution in [0.1, 0.15) is 28.8 Å². The summed E-state index contributed by atoms with van der Waals surface area (Å²) in [6.07, 6.45) is 0.694. The molecule has 29 heavy (non-hydrogen) atoms. The molecule has 3 rings (SSSR count). The highest BCUT2D eigenvalue weighted by atomic mass is 32.2. The molecule has 12 heteroatoms. The van der Waals surface area contributed by atoms with Gasteiger partial charge in [0, 0.05) is 18.2 Å². The molecule has 1 aliphatic rings. The number of halogens is 5. The van der Waals surface area contributed by atoms with E-state index in [2.05, 4.69) is 0 Å². The number of sulfonamides is 1. The van der Waals surface area contributed by atoms with E-state index in [0.29, 0.717) is 22.7 Å². The van der Waals surface area contributed by atoms with E-state index in [1.165, 1.54) is 29.7 Å². The molecule has 1 saturated carbocycles. The lowest BCUT2D eigenvalue weighted by Crippen LogP contribution is -2.34. The zero-order valence-electron chi connectivity index (χ0n) is 14.4. The summed E-state index contributed by atoms with van der Waals surface area (Å²) in [5, 5.41) is 8.59. The molecule has 0 aliphatic heterocycles. The molecule has 2 N–H and O–H groups in total. The number of hydrogen-bond acceptors (Lipinski definition) is 4. The van der Waals surface area contributed by atoms with E-state index >= 15 is 0 Å². The first-order valence-electron chi connectivity index (χ1n) is 8.16. The lowest BCUT2D eigenvalue weighted by molar-refractivity contribution is 0.0706. The average molecular weight is 436 g/mol. The van der Waals surface area contributed by atoms with Crippen LogP contribution < -0.4 is 5.48 Å². The number of benzene rings is 2. The molecule has 0 saturated heterocycles. The normalized spacial score (nSPS) is 14.3. The van der Waals surface area contributed by atoms with Crippen LogP contribution in [0.4, 0.5) is 22.0 Å². The molecule has 0 radical (unpaired) electrons. The van der Waals surface area contributed by atoms with Crippen molar-refractivity contribution in [2.75, 3.05) is 0 Å². The molecule has 1 aliphatic carbocycles. The maximum atomic E-state index is 14.1. The Morgan fingerprint density at radius 2 is 1.45 bits per heavy atom. The Labute approximate surface area is 161 Å². The lowest BCUT2D eigenvalue weighted by atomic mass is 10.1. The van der Waals surface area contributed by atoms with Gasteiger partial charge in [0.2, 0.25) is 15.8 Å². The Morgan fingerprint density at radius 1 is 0.966 bits per heavy atom. The maximum absolute atomic E-state index is 14.1. The molecule has 0 heterocycles. The van der Waals surface area contributed by atoms with E-state index in [9.17, 15) is 35.2 Å². The van der Waals surface area contributed by atoms with Gasteiger partial charge in [0.1, 0.15) is 0 Å². The summed E-state index contributed by atoms with van der Waals surface area (Å²) in [7, 11) is -5.07. The van der Waals surface area contributed by atoms with Gasteiger partial charge in [-0.1, -0.05) is 12.1 Å². The molecule has 156 valence electrons. The topological polar surface area (TPSA) is 86.7 Å². The van der Waals surface area contributed by atoms with Crippen molar-refractivity contribution in [3.8, 4) is 0 Å². The molecule has 6 nitrogen and oxygen atoms in total. The molecule has 0 spiro atoms. The van der Waals surface area contributed by atoms with Gasteiger partial charge in [-0.25, -0.2) is 35.8 Å². The summed E-state index contributed by atoms with van der Waals surface area (Å²) in [6.45, 7) is -0.423. The molecule has 1 fully saturated rings. The van der Waals surface area contributed by atoms with Crippen LogP contribution in [-0.4, -0.2) is 29.9 Å². The van der Waals surface area contributed by atoms with Crippen LogP contribution in [0.5, 0.6) is 0 Å². The molecule has 0 atom stereocenters. The van der Waals surface area contributed by atoms with Crippen molar-refractivity contribution in [3.63, 3.8) is 0 Å². The summed E-state index contributed by atoms with van der Waals surface area (Å²) >= 11 is 0. The number of carbonyl (C=O) groups is 1. The van der Waals surface area contributed by atoms with Crippen LogP contribution >= 0.6 is 0 Å². The van der Waals surface area contributed by atoms with Crippen molar-refractivity contribution in [1.82, 2.24) is 9.79 Å². The van der Waals surface area contributed by atoms with Crippen molar-refractivity contribution in [2.24, 2.45) is 0 Å². The largest absolute Gasteiger partial charge is 0.288 e. The Balaban J connectivity index is 2.01. The van der Waals surface area contributed by atoms with Crippen LogP contribution in [-0.2, 0) is 16.6 Å². The number of nitrogens with one attached hydrogen (secondary N) is 1. The second-order valence-electron chi connectivity index (χ2n) is 6.32. The highest BCUT2D eigenvalue weighted by Crippen LogP contribution is 2.36. The van der Waals surface area contributed by atoms with Gasteiger partial charge in [0.15, 0.2) is 28.2 Å². The van der Waals surface area contributed by atoms with Gasteiger partial charge in [-0.3, -0.25) is 10.0 Å². The van der Waals surface area contributed by atoms with Gasteiger partial charge >= 0.3 is 0 Å². The molecular weight excluding hydrogens is 423 g/mol. The van der Waals surface area contributed by atoms with E-state index < -0.39 is 62.5 Å². The molecule has 2 aromatic rings. The summed E-state index contributed by atoms with van der Waals surface area (Å²) in [4.78, 5) is 9.42. The second kappa shape index (κ2) is 7.69. The monoisotopic (exact) mass is 436 g/mol. The number of hydroxylamine groups is 1. The molecule has 1 amide bonds. The number of hydrogen-bond donors (Lipinski definition) is 2. The summed E-state index contributed by atoms with van der Waals surface area (Å²) in [6, 6.07) is 4.51. The Hall–Kier alpha value is -2.57. The van der Waals surface area contributed by atoms with E-state index in [0.717, 1.165) is 0 Å². The maximum Gasteiger partial charge on any atom is 0.274 e. The standard InChI is InChI=1S/C17H13F5N2O4S/c18-11-12(19)14(21)16(15(22)13(11)20)29(27,28)24(10-5-6-10)7-8-1-3-9(4-2-8)17(25)23-26/h1-4,10,26H,5-7H2,(H,23,25). The Morgan fingerprint density at radius 3 is 1.90 bits per heavy atom. The molecule has 0 aromatic heterocycles. The second-order valence-corrected chi connectivity index (χ2v) is 8.15. The fourth-order valence-electron chi connectivity index (χ4n) is 2.71. The Bertz CT molecular complexity index is 1040. The summed E-state index contributed by atoms with van der Waals surface area (Å²) in [5.74, 6) is -12.8. The first-order valence-corrected chi connectivity index (χ1v) is 9.60. The third-order valence-corrected chi connectivity index (χ3v) is 6.27. The zero-order chi connectivity index (χ0) is 21.5. The Kier molecular flexibility index (Phi) is 5.61. The van der Waals surface area contributed by atoms with Gasteiger partial charge in [-0.15, -0.1) is 0 Å². The quantitative estimate of drug-likeness (QED) is 0.240. The predicted octanol–water partition coefficient (Wildman–Crippen LogP) is 2.85. The van der Waals surface area contributed by atoms with Crippen LogP contribution in [0.3, 0.4) is 0 Å². The van der Waals surface area contributed by atoms with Crippen LogP contribution in [0, 0.1) is 29.1 Å². The van der Waals surface area contributed by atoms with Gasteiger partial charge in [0.25, 0.3) is 5.91 Å². The van der Waals surface area contributed by atoms with Crippen LogP contribution in [0.15, 0.2) is 29.2 Å². The molecule has 0 bridgehead atoms. The summed E-state index contributed by atoms with van der Waals surface area (Å²) in [5.41, 5.74) is 1.76. The minimum Gasteiger partial charge on any atom is -0.288 e. The smallest absolute Gasteiger partial charge is 0.274 e. The van der Waals surface area contributed by atoms with Crippen LogP contribution in [0.2, 0.25) is 0 Å². The molecule has 2 aromatic carbocycles. The third-order valence-electron chi connectivity index (χ3n) is 4.35. The van der Waals surface area contributed by atoms with E-state index in [4.69, 9.17) is 5.21 Å². The molecule has 0 unspecified atom stereocenters. The first-order chi connectivity index (χ1) is 13.6. The fraction of sp³-hybridized carbons (Fsp3) is 0.235. The van der Waals surface area contributed by atoms with Crippen molar-refractivity contribution in [2.45, 2.75) is 30.3 Å². The minimum absolute atomic E-state index is 0.0526. The minimum atomic E-state index is -5.07. The van der Waals surface area contributed by atoms with E-state index in [-0.39, 0.29) is 5.56 Å². The van der Waals surface area contributed by atoms with Crippen molar-refractivity contribution in [3.05, 3.63) is 64.5 Å². The first kappa shape index (κ1) is 21.1. The lowest BCUT2D eigenvalue weighted by Gasteiger charge is -2.23. The molecular formula is C17H13F5N2O4S.